The summed E-state index contributed by atoms with van der Waals surface area (Å²) in [4.78, 5) is 14.4. The van der Waals surface area contributed by atoms with Crippen molar-refractivity contribution in [1.82, 2.24) is 4.90 Å². The number of hydrogen-bond acceptors (Lipinski definition) is 2. The van der Waals surface area contributed by atoms with Gasteiger partial charge < -0.3 is 10.6 Å². The Hall–Kier alpha value is -1.22. The zero-order valence-electron chi connectivity index (χ0n) is 10.7. The maximum atomic E-state index is 12.5. The number of likely N-dealkylation sites (tertiary alicyclic amines) is 1. The van der Waals surface area contributed by atoms with E-state index in [-0.39, 0.29) is 5.91 Å². The van der Waals surface area contributed by atoms with Crippen LogP contribution in [0.1, 0.15) is 43.0 Å². The highest BCUT2D eigenvalue weighted by Gasteiger charge is 2.23. The Labute approximate surface area is 113 Å². The molecule has 1 amide bonds. The Morgan fingerprint density at radius 1 is 1.39 bits per heavy atom. The number of rotatable bonds is 1. The third kappa shape index (κ3) is 2.78. The predicted molar refractivity (Wildman–Crippen MR) is 74.8 cm³/mol. The molecule has 0 radical (unpaired) electrons. The standard InChI is InChI=1S/C14H19ClN2O/c1-10-5-3-2-4-8-17(10)14(18)11-6-7-12(15)13(16)9-11/h6-7,9-10H,2-5,8,16H2,1H3. The van der Waals surface area contributed by atoms with Crippen molar-refractivity contribution >= 4 is 23.2 Å². The Balaban J connectivity index is 2.21. The van der Waals surface area contributed by atoms with Crippen LogP contribution in [0.3, 0.4) is 0 Å². The Kier molecular flexibility index (Phi) is 4.12. The first-order chi connectivity index (χ1) is 8.59. The van der Waals surface area contributed by atoms with E-state index in [0.717, 1.165) is 19.4 Å². The second-order valence-electron chi connectivity index (χ2n) is 4.93. The van der Waals surface area contributed by atoms with Crippen LogP contribution in [-0.4, -0.2) is 23.4 Å². The van der Waals surface area contributed by atoms with Gasteiger partial charge in [0, 0.05) is 18.2 Å². The average Bonchev–Trinajstić information content (AvgIpc) is 2.56. The number of carbonyl (C=O) groups excluding carboxylic acids is 1. The maximum absolute atomic E-state index is 12.5. The fourth-order valence-corrected chi connectivity index (χ4v) is 2.54. The molecule has 1 aromatic carbocycles. The van der Waals surface area contributed by atoms with Gasteiger partial charge in [0.1, 0.15) is 0 Å². The van der Waals surface area contributed by atoms with Gasteiger partial charge in [-0.2, -0.15) is 0 Å². The van der Waals surface area contributed by atoms with E-state index in [1.54, 1.807) is 18.2 Å². The molecule has 1 aliphatic rings. The topological polar surface area (TPSA) is 46.3 Å². The van der Waals surface area contributed by atoms with Crippen molar-refractivity contribution < 1.29 is 4.79 Å². The molecule has 98 valence electrons. The second kappa shape index (κ2) is 5.61. The summed E-state index contributed by atoms with van der Waals surface area (Å²) in [5.41, 5.74) is 6.84. The van der Waals surface area contributed by atoms with Crippen molar-refractivity contribution in [3.05, 3.63) is 28.8 Å². The number of carbonyl (C=O) groups is 1. The number of benzene rings is 1. The van der Waals surface area contributed by atoms with Crippen molar-refractivity contribution in [3.63, 3.8) is 0 Å². The van der Waals surface area contributed by atoms with Crippen LogP contribution in [0.4, 0.5) is 5.69 Å². The van der Waals surface area contributed by atoms with Crippen molar-refractivity contribution in [3.8, 4) is 0 Å². The molecule has 1 saturated heterocycles. The third-order valence-electron chi connectivity index (χ3n) is 3.56. The van der Waals surface area contributed by atoms with Crippen LogP contribution in [-0.2, 0) is 0 Å². The number of nitrogens with zero attached hydrogens (tertiary/aromatic N) is 1. The van der Waals surface area contributed by atoms with Crippen molar-refractivity contribution in [1.29, 1.82) is 0 Å². The highest BCUT2D eigenvalue weighted by Crippen LogP contribution is 2.23. The van der Waals surface area contributed by atoms with Crippen LogP contribution < -0.4 is 5.73 Å². The molecule has 0 aliphatic carbocycles. The van der Waals surface area contributed by atoms with E-state index in [4.69, 9.17) is 17.3 Å². The monoisotopic (exact) mass is 266 g/mol. The molecule has 1 heterocycles. The first-order valence-corrected chi connectivity index (χ1v) is 6.83. The van der Waals surface area contributed by atoms with Crippen LogP contribution in [0.15, 0.2) is 18.2 Å². The van der Waals surface area contributed by atoms with Gasteiger partial charge in [-0.05, 0) is 38.0 Å². The van der Waals surface area contributed by atoms with Gasteiger partial charge in [0.2, 0.25) is 0 Å². The molecule has 3 nitrogen and oxygen atoms in total. The lowest BCUT2D eigenvalue weighted by atomic mass is 10.1. The minimum absolute atomic E-state index is 0.0627. The molecule has 18 heavy (non-hydrogen) atoms. The predicted octanol–water partition coefficient (Wildman–Crippen LogP) is 3.33. The van der Waals surface area contributed by atoms with Crippen LogP contribution in [0.2, 0.25) is 5.02 Å². The first kappa shape index (κ1) is 13.2. The van der Waals surface area contributed by atoms with Crippen LogP contribution in [0.5, 0.6) is 0 Å². The SMILES string of the molecule is CC1CCCCCN1C(=O)c1ccc(Cl)c(N)c1. The summed E-state index contributed by atoms with van der Waals surface area (Å²) >= 11 is 5.88. The molecule has 1 aliphatic heterocycles. The van der Waals surface area contributed by atoms with Gasteiger partial charge in [-0.15, -0.1) is 0 Å². The zero-order chi connectivity index (χ0) is 13.1. The summed E-state index contributed by atoms with van der Waals surface area (Å²) in [6.45, 7) is 2.95. The minimum atomic E-state index is 0.0627. The van der Waals surface area contributed by atoms with E-state index in [1.807, 2.05) is 4.90 Å². The van der Waals surface area contributed by atoms with E-state index in [9.17, 15) is 4.79 Å². The molecule has 1 aromatic rings. The van der Waals surface area contributed by atoms with Gasteiger partial charge in [-0.25, -0.2) is 0 Å². The molecule has 2 rings (SSSR count). The maximum Gasteiger partial charge on any atom is 0.254 e. The highest BCUT2D eigenvalue weighted by molar-refractivity contribution is 6.33. The van der Waals surface area contributed by atoms with Crippen molar-refractivity contribution in [2.75, 3.05) is 12.3 Å². The minimum Gasteiger partial charge on any atom is -0.398 e. The molecule has 0 aromatic heterocycles. The van der Waals surface area contributed by atoms with E-state index in [2.05, 4.69) is 6.92 Å². The summed E-state index contributed by atoms with van der Waals surface area (Å²) in [6, 6.07) is 5.41. The van der Waals surface area contributed by atoms with Gasteiger partial charge in [0.15, 0.2) is 0 Å². The number of halogens is 1. The van der Waals surface area contributed by atoms with Crippen LogP contribution >= 0.6 is 11.6 Å². The summed E-state index contributed by atoms with van der Waals surface area (Å²) in [7, 11) is 0. The number of nitrogens with two attached hydrogens (primary N) is 1. The second-order valence-corrected chi connectivity index (χ2v) is 5.34. The third-order valence-corrected chi connectivity index (χ3v) is 3.90. The van der Waals surface area contributed by atoms with E-state index in [1.165, 1.54) is 12.8 Å². The Morgan fingerprint density at radius 2 is 2.17 bits per heavy atom. The molecule has 0 saturated carbocycles. The highest BCUT2D eigenvalue weighted by atomic mass is 35.5. The van der Waals surface area contributed by atoms with Crippen LogP contribution in [0, 0.1) is 0 Å². The lowest BCUT2D eigenvalue weighted by molar-refractivity contribution is 0.0698. The largest absolute Gasteiger partial charge is 0.398 e. The Morgan fingerprint density at radius 3 is 2.89 bits per heavy atom. The molecule has 1 unspecified atom stereocenters. The fraction of sp³-hybridized carbons (Fsp3) is 0.500. The molecular formula is C14H19ClN2O. The fourth-order valence-electron chi connectivity index (χ4n) is 2.42. The summed E-state index contributed by atoms with van der Waals surface area (Å²) < 4.78 is 0. The quantitative estimate of drug-likeness (QED) is 0.793. The molecule has 1 atom stereocenters. The molecule has 0 spiro atoms. The number of nitrogen functional groups attached to an aromatic ring is 1. The van der Waals surface area contributed by atoms with E-state index in [0.29, 0.717) is 22.3 Å². The van der Waals surface area contributed by atoms with Crippen molar-refractivity contribution in [2.45, 2.75) is 38.6 Å². The summed E-state index contributed by atoms with van der Waals surface area (Å²) in [6.07, 6.45) is 4.57. The lowest BCUT2D eigenvalue weighted by Crippen LogP contribution is -2.38. The van der Waals surface area contributed by atoms with E-state index < -0.39 is 0 Å². The van der Waals surface area contributed by atoms with Gasteiger partial charge >= 0.3 is 0 Å². The summed E-state index contributed by atoms with van der Waals surface area (Å²) in [5.74, 6) is 0.0627. The smallest absolute Gasteiger partial charge is 0.254 e. The lowest BCUT2D eigenvalue weighted by Gasteiger charge is -2.27. The van der Waals surface area contributed by atoms with E-state index >= 15 is 0 Å². The van der Waals surface area contributed by atoms with Crippen LogP contribution in [0.25, 0.3) is 0 Å². The summed E-state index contributed by atoms with van der Waals surface area (Å²) in [5, 5.41) is 0.496. The van der Waals surface area contributed by atoms with Gasteiger partial charge in [-0.3, -0.25) is 4.79 Å². The molecule has 4 heteroatoms. The van der Waals surface area contributed by atoms with Crippen molar-refractivity contribution in [2.24, 2.45) is 0 Å². The number of hydrogen-bond donors (Lipinski definition) is 1. The number of anilines is 1. The molecule has 2 N–H and O–H groups in total. The van der Waals surface area contributed by atoms with Gasteiger partial charge in [0.05, 0.1) is 10.7 Å². The van der Waals surface area contributed by atoms with Gasteiger partial charge in [-0.1, -0.05) is 24.4 Å². The number of amides is 1. The van der Waals surface area contributed by atoms with Gasteiger partial charge in [0.25, 0.3) is 5.91 Å². The Bertz CT molecular complexity index is 447. The molecule has 0 bridgehead atoms. The normalized spacial score (nSPS) is 20.6. The molecule has 1 fully saturated rings. The zero-order valence-corrected chi connectivity index (χ0v) is 11.4. The molecular weight excluding hydrogens is 248 g/mol. The first-order valence-electron chi connectivity index (χ1n) is 6.45. The average molecular weight is 267 g/mol.